The minimum atomic E-state index is -3.51. The monoisotopic (exact) mass is 271 g/mol. The van der Waals surface area contributed by atoms with Crippen molar-refractivity contribution in [3.8, 4) is 0 Å². The highest BCUT2D eigenvalue weighted by atomic mass is 32.2. The molecular formula is C10H17N5O2S. The molecule has 0 atom stereocenters. The maximum absolute atomic E-state index is 12.1. The Morgan fingerprint density at radius 2 is 1.94 bits per heavy atom. The van der Waals surface area contributed by atoms with Crippen molar-refractivity contribution >= 4 is 15.9 Å². The molecule has 0 spiro atoms. The third-order valence-corrected chi connectivity index (χ3v) is 4.59. The molecule has 0 aliphatic carbocycles. The lowest BCUT2D eigenvalue weighted by molar-refractivity contribution is 0.280. The zero-order valence-electron chi connectivity index (χ0n) is 9.99. The lowest BCUT2D eigenvalue weighted by atomic mass is 9.99. The first kappa shape index (κ1) is 13.2. The number of nitrogens with one attached hydrogen (secondary N) is 1. The van der Waals surface area contributed by atoms with E-state index in [2.05, 4.69) is 14.7 Å². The fourth-order valence-electron chi connectivity index (χ4n) is 1.95. The molecule has 1 aliphatic rings. The number of rotatable bonds is 4. The van der Waals surface area contributed by atoms with Crippen LogP contribution in [0.1, 0.15) is 12.8 Å². The van der Waals surface area contributed by atoms with Crippen molar-refractivity contribution in [2.75, 3.05) is 24.4 Å². The van der Waals surface area contributed by atoms with Gasteiger partial charge in [-0.2, -0.15) is 12.7 Å². The van der Waals surface area contributed by atoms with Gasteiger partial charge < -0.3 is 5.73 Å². The van der Waals surface area contributed by atoms with Gasteiger partial charge in [0.05, 0.1) is 18.1 Å². The van der Waals surface area contributed by atoms with Crippen molar-refractivity contribution in [2.24, 2.45) is 11.7 Å². The van der Waals surface area contributed by atoms with Crippen LogP contribution in [0.2, 0.25) is 0 Å². The Morgan fingerprint density at radius 3 is 2.50 bits per heavy atom. The molecule has 2 heterocycles. The van der Waals surface area contributed by atoms with Crippen molar-refractivity contribution in [1.82, 2.24) is 14.3 Å². The molecule has 1 aromatic heterocycles. The summed E-state index contributed by atoms with van der Waals surface area (Å²) in [4.78, 5) is 7.53. The van der Waals surface area contributed by atoms with E-state index < -0.39 is 10.2 Å². The Balaban J connectivity index is 2.00. The van der Waals surface area contributed by atoms with Gasteiger partial charge in [-0.05, 0) is 25.3 Å². The summed E-state index contributed by atoms with van der Waals surface area (Å²) >= 11 is 0. The fraction of sp³-hybridized carbons (Fsp3) is 0.600. The van der Waals surface area contributed by atoms with Gasteiger partial charge in [-0.25, -0.2) is 9.97 Å². The van der Waals surface area contributed by atoms with Crippen molar-refractivity contribution in [1.29, 1.82) is 0 Å². The van der Waals surface area contributed by atoms with Crippen molar-refractivity contribution in [2.45, 2.75) is 12.8 Å². The lowest BCUT2D eigenvalue weighted by Crippen LogP contribution is -2.42. The summed E-state index contributed by atoms with van der Waals surface area (Å²) in [5.74, 6) is 0.427. The Bertz CT molecular complexity index is 470. The van der Waals surface area contributed by atoms with Gasteiger partial charge in [0.15, 0.2) is 0 Å². The van der Waals surface area contributed by atoms with Gasteiger partial charge in [-0.1, -0.05) is 0 Å². The van der Waals surface area contributed by atoms with Crippen LogP contribution in [0.15, 0.2) is 18.7 Å². The van der Waals surface area contributed by atoms with Gasteiger partial charge in [-0.3, -0.25) is 4.72 Å². The Hall–Kier alpha value is -1.25. The molecular weight excluding hydrogens is 254 g/mol. The molecule has 7 nitrogen and oxygen atoms in total. The molecule has 3 N–H and O–H groups in total. The molecule has 18 heavy (non-hydrogen) atoms. The van der Waals surface area contributed by atoms with Gasteiger partial charge in [0.25, 0.3) is 0 Å². The van der Waals surface area contributed by atoms with E-state index >= 15 is 0 Å². The predicted molar refractivity (Wildman–Crippen MR) is 67.9 cm³/mol. The summed E-state index contributed by atoms with van der Waals surface area (Å²) in [6.45, 7) is 1.63. The number of nitrogens with zero attached hydrogens (tertiary/aromatic N) is 3. The summed E-state index contributed by atoms with van der Waals surface area (Å²) in [7, 11) is -3.51. The third kappa shape index (κ3) is 3.15. The fourth-order valence-corrected chi connectivity index (χ4v) is 3.17. The highest BCUT2D eigenvalue weighted by Gasteiger charge is 2.27. The maximum atomic E-state index is 12.1. The number of aromatic nitrogens is 2. The largest absolute Gasteiger partial charge is 0.330 e. The number of hydrogen-bond acceptors (Lipinski definition) is 5. The normalized spacial score (nSPS) is 18.7. The Labute approximate surface area is 107 Å². The molecule has 0 amide bonds. The van der Waals surface area contributed by atoms with Gasteiger partial charge in [-0.15, -0.1) is 0 Å². The molecule has 0 aromatic carbocycles. The van der Waals surface area contributed by atoms with Gasteiger partial charge in [0, 0.05) is 13.1 Å². The van der Waals surface area contributed by atoms with E-state index in [0.29, 0.717) is 31.2 Å². The molecule has 1 aliphatic heterocycles. The number of nitrogens with two attached hydrogens (primary N) is 1. The second-order valence-corrected chi connectivity index (χ2v) is 5.98. The van der Waals surface area contributed by atoms with Crippen LogP contribution in [0.5, 0.6) is 0 Å². The summed E-state index contributed by atoms with van der Waals surface area (Å²) in [5.41, 5.74) is 5.95. The van der Waals surface area contributed by atoms with Crippen LogP contribution in [-0.2, 0) is 10.2 Å². The number of anilines is 1. The summed E-state index contributed by atoms with van der Waals surface area (Å²) in [6, 6.07) is 0. The maximum Gasteiger partial charge on any atom is 0.301 e. The van der Waals surface area contributed by atoms with E-state index in [1.807, 2.05) is 0 Å². The molecule has 0 radical (unpaired) electrons. The molecule has 1 fully saturated rings. The highest BCUT2D eigenvalue weighted by Crippen LogP contribution is 2.19. The van der Waals surface area contributed by atoms with E-state index in [1.54, 1.807) is 0 Å². The Kier molecular flexibility index (Phi) is 4.10. The average Bonchev–Trinajstić information content (AvgIpc) is 2.39. The van der Waals surface area contributed by atoms with Crippen molar-refractivity contribution in [3.05, 3.63) is 18.7 Å². The molecule has 8 heteroatoms. The first-order valence-electron chi connectivity index (χ1n) is 5.85. The quantitative estimate of drug-likeness (QED) is 0.790. The van der Waals surface area contributed by atoms with E-state index in [-0.39, 0.29) is 0 Å². The molecule has 1 aromatic rings. The first-order chi connectivity index (χ1) is 8.62. The second kappa shape index (κ2) is 5.59. The molecule has 1 saturated heterocycles. The minimum Gasteiger partial charge on any atom is -0.330 e. The summed E-state index contributed by atoms with van der Waals surface area (Å²) in [5, 5.41) is 0. The SMILES string of the molecule is NCC1CCN(S(=O)(=O)Nc2cncnc2)CC1. The van der Waals surface area contributed by atoms with Crippen molar-refractivity contribution < 1.29 is 8.42 Å². The van der Waals surface area contributed by atoms with Crippen LogP contribution >= 0.6 is 0 Å². The van der Waals surface area contributed by atoms with E-state index in [9.17, 15) is 8.42 Å². The van der Waals surface area contributed by atoms with Crippen LogP contribution < -0.4 is 10.5 Å². The van der Waals surface area contributed by atoms with Crippen LogP contribution in [0.3, 0.4) is 0 Å². The van der Waals surface area contributed by atoms with Crippen LogP contribution in [0.25, 0.3) is 0 Å². The number of hydrogen-bond donors (Lipinski definition) is 2. The molecule has 0 saturated carbocycles. The molecule has 0 bridgehead atoms. The topological polar surface area (TPSA) is 101 Å². The highest BCUT2D eigenvalue weighted by molar-refractivity contribution is 7.90. The van der Waals surface area contributed by atoms with Gasteiger partial charge in [0.1, 0.15) is 6.33 Å². The Morgan fingerprint density at radius 1 is 1.33 bits per heavy atom. The zero-order chi connectivity index (χ0) is 13.0. The van der Waals surface area contributed by atoms with Gasteiger partial charge >= 0.3 is 10.2 Å². The summed E-state index contributed by atoms with van der Waals surface area (Å²) < 4.78 is 28.1. The van der Waals surface area contributed by atoms with E-state index in [4.69, 9.17) is 5.73 Å². The van der Waals surface area contributed by atoms with Crippen LogP contribution in [0, 0.1) is 5.92 Å². The number of piperidine rings is 1. The average molecular weight is 271 g/mol. The second-order valence-electron chi connectivity index (χ2n) is 4.31. The zero-order valence-corrected chi connectivity index (χ0v) is 10.8. The third-order valence-electron chi connectivity index (χ3n) is 3.05. The van der Waals surface area contributed by atoms with Gasteiger partial charge in [0.2, 0.25) is 0 Å². The molecule has 0 unspecified atom stereocenters. The lowest BCUT2D eigenvalue weighted by Gasteiger charge is -2.30. The van der Waals surface area contributed by atoms with E-state index in [0.717, 1.165) is 12.8 Å². The molecule has 100 valence electrons. The smallest absolute Gasteiger partial charge is 0.301 e. The first-order valence-corrected chi connectivity index (χ1v) is 7.29. The van der Waals surface area contributed by atoms with Crippen molar-refractivity contribution in [3.63, 3.8) is 0 Å². The minimum absolute atomic E-state index is 0.374. The summed E-state index contributed by atoms with van der Waals surface area (Å²) in [6.07, 6.45) is 5.82. The molecule has 2 rings (SSSR count). The van der Waals surface area contributed by atoms with E-state index in [1.165, 1.54) is 23.0 Å². The van der Waals surface area contributed by atoms with Crippen LogP contribution in [0.4, 0.5) is 5.69 Å². The van der Waals surface area contributed by atoms with Crippen LogP contribution in [-0.4, -0.2) is 42.3 Å². The standard InChI is InChI=1S/C10H17N5O2S/c11-5-9-1-3-15(4-2-9)18(16,17)14-10-6-12-8-13-7-10/h6-9,14H,1-5,11H2. The predicted octanol–water partition coefficient (Wildman–Crippen LogP) is -0.196.